The van der Waals surface area contributed by atoms with Crippen LogP contribution in [-0.2, 0) is 12.0 Å². The van der Waals surface area contributed by atoms with Gasteiger partial charge in [0.2, 0.25) is 0 Å². The van der Waals surface area contributed by atoms with Crippen molar-refractivity contribution in [3.8, 4) is 0 Å². The molecule has 2 heterocycles. The largest absolute Gasteiger partial charge is 0.467 e. The summed E-state index contributed by atoms with van der Waals surface area (Å²) in [7, 11) is 0. The fourth-order valence-corrected chi connectivity index (χ4v) is 4.22. The normalized spacial score (nSPS) is 42.4. The first kappa shape index (κ1) is 8.40. The monoisotopic (exact) mass is 203 g/mol. The standard InChI is InChI=1S/C13H17NO/c1-2-10-8-13(11(10)3-1)12-9(4-6-14-13)5-7-15-12/h5,7,10-11,14H,1-4,6,8H2/t10-,11-,13?/m0/s1. The molecule has 1 spiro atoms. The van der Waals surface area contributed by atoms with Crippen molar-refractivity contribution in [2.75, 3.05) is 6.54 Å². The Kier molecular flexibility index (Phi) is 1.50. The van der Waals surface area contributed by atoms with Crippen molar-refractivity contribution < 1.29 is 4.42 Å². The number of furan rings is 1. The lowest BCUT2D eigenvalue weighted by Crippen LogP contribution is -2.60. The number of fused-ring (bicyclic) bond motifs is 4. The van der Waals surface area contributed by atoms with Gasteiger partial charge in [0.05, 0.1) is 11.8 Å². The zero-order chi connectivity index (χ0) is 9.88. The third-order valence-corrected chi connectivity index (χ3v) is 4.86. The van der Waals surface area contributed by atoms with Gasteiger partial charge < -0.3 is 9.73 Å². The van der Waals surface area contributed by atoms with E-state index in [1.54, 1.807) is 0 Å². The fourth-order valence-electron chi connectivity index (χ4n) is 4.22. The van der Waals surface area contributed by atoms with E-state index in [4.69, 9.17) is 4.42 Å². The average molecular weight is 203 g/mol. The van der Waals surface area contributed by atoms with E-state index in [2.05, 4.69) is 11.4 Å². The molecule has 2 aliphatic carbocycles. The van der Waals surface area contributed by atoms with E-state index >= 15 is 0 Å². The van der Waals surface area contributed by atoms with E-state index in [9.17, 15) is 0 Å². The van der Waals surface area contributed by atoms with Gasteiger partial charge in [0, 0.05) is 6.54 Å². The van der Waals surface area contributed by atoms with Crippen molar-refractivity contribution in [3.63, 3.8) is 0 Å². The molecule has 2 saturated carbocycles. The minimum Gasteiger partial charge on any atom is -0.467 e. The molecular weight excluding hydrogens is 186 g/mol. The molecule has 0 saturated heterocycles. The highest BCUT2D eigenvalue weighted by Gasteiger charge is 2.59. The van der Waals surface area contributed by atoms with Gasteiger partial charge in [0.15, 0.2) is 0 Å². The molecule has 3 aliphatic rings. The van der Waals surface area contributed by atoms with Gasteiger partial charge in [-0.15, -0.1) is 0 Å². The molecular formula is C13H17NO. The number of hydrogen-bond acceptors (Lipinski definition) is 2. The number of nitrogens with one attached hydrogen (secondary N) is 1. The highest BCUT2D eigenvalue weighted by atomic mass is 16.3. The maximum atomic E-state index is 5.76. The Morgan fingerprint density at radius 3 is 3.33 bits per heavy atom. The maximum absolute atomic E-state index is 5.76. The molecule has 1 N–H and O–H groups in total. The summed E-state index contributed by atoms with van der Waals surface area (Å²) in [5, 5.41) is 3.75. The third-order valence-electron chi connectivity index (χ3n) is 4.86. The molecule has 1 aromatic rings. The lowest BCUT2D eigenvalue weighted by molar-refractivity contribution is 0.000529. The van der Waals surface area contributed by atoms with E-state index in [0.717, 1.165) is 24.8 Å². The van der Waals surface area contributed by atoms with Crippen LogP contribution in [0.25, 0.3) is 0 Å². The number of rotatable bonds is 0. The van der Waals surface area contributed by atoms with Crippen LogP contribution in [0.3, 0.4) is 0 Å². The van der Waals surface area contributed by atoms with E-state index in [-0.39, 0.29) is 5.54 Å². The molecule has 3 atom stereocenters. The summed E-state index contributed by atoms with van der Waals surface area (Å²) in [4.78, 5) is 0. The quantitative estimate of drug-likeness (QED) is 0.700. The first-order valence-electron chi connectivity index (χ1n) is 6.22. The van der Waals surface area contributed by atoms with Gasteiger partial charge in [-0.1, -0.05) is 12.8 Å². The first-order valence-corrected chi connectivity index (χ1v) is 6.22. The second-order valence-corrected chi connectivity index (χ2v) is 5.42. The van der Waals surface area contributed by atoms with Crippen molar-refractivity contribution in [3.05, 3.63) is 23.7 Å². The summed E-state index contributed by atoms with van der Waals surface area (Å²) >= 11 is 0. The van der Waals surface area contributed by atoms with Crippen LogP contribution >= 0.6 is 0 Å². The molecule has 4 rings (SSSR count). The highest BCUT2D eigenvalue weighted by Crippen LogP contribution is 2.59. The van der Waals surface area contributed by atoms with Crippen LogP contribution in [0.5, 0.6) is 0 Å². The maximum Gasteiger partial charge on any atom is 0.127 e. The smallest absolute Gasteiger partial charge is 0.127 e. The molecule has 1 aliphatic heterocycles. The lowest BCUT2D eigenvalue weighted by atomic mass is 9.58. The van der Waals surface area contributed by atoms with Crippen molar-refractivity contribution in [1.29, 1.82) is 0 Å². The third kappa shape index (κ3) is 0.895. The minimum atomic E-state index is 0.248. The van der Waals surface area contributed by atoms with Crippen LogP contribution in [0.4, 0.5) is 0 Å². The number of hydrogen-bond donors (Lipinski definition) is 1. The van der Waals surface area contributed by atoms with E-state index in [0.29, 0.717) is 0 Å². The van der Waals surface area contributed by atoms with Gasteiger partial charge in [-0.05, 0) is 42.7 Å². The Bertz CT molecular complexity index is 397. The lowest BCUT2D eigenvalue weighted by Gasteiger charge is -2.54. The predicted molar refractivity (Wildman–Crippen MR) is 57.5 cm³/mol. The van der Waals surface area contributed by atoms with Gasteiger partial charge in [-0.3, -0.25) is 0 Å². The summed E-state index contributed by atoms with van der Waals surface area (Å²) in [5.41, 5.74) is 1.71. The van der Waals surface area contributed by atoms with E-state index in [1.165, 1.54) is 37.0 Å². The molecule has 0 amide bonds. The molecule has 1 unspecified atom stereocenters. The van der Waals surface area contributed by atoms with Gasteiger partial charge >= 0.3 is 0 Å². The van der Waals surface area contributed by atoms with Crippen LogP contribution in [0.15, 0.2) is 16.7 Å². The van der Waals surface area contributed by atoms with Crippen LogP contribution in [0, 0.1) is 11.8 Å². The van der Waals surface area contributed by atoms with E-state index < -0.39 is 0 Å². The predicted octanol–water partition coefficient (Wildman–Crippen LogP) is 2.44. The molecule has 15 heavy (non-hydrogen) atoms. The van der Waals surface area contributed by atoms with Gasteiger partial charge in [0.1, 0.15) is 5.76 Å². The van der Waals surface area contributed by atoms with Crippen molar-refractivity contribution in [2.24, 2.45) is 11.8 Å². The van der Waals surface area contributed by atoms with Crippen LogP contribution < -0.4 is 5.32 Å². The van der Waals surface area contributed by atoms with Crippen molar-refractivity contribution in [1.82, 2.24) is 5.32 Å². The van der Waals surface area contributed by atoms with Gasteiger partial charge in [-0.25, -0.2) is 0 Å². The molecule has 1 aromatic heterocycles. The van der Waals surface area contributed by atoms with Crippen molar-refractivity contribution in [2.45, 2.75) is 37.6 Å². The molecule has 2 nitrogen and oxygen atoms in total. The van der Waals surface area contributed by atoms with Gasteiger partial charge in [0.25, 0.3) is 0 Å². The second kappa shape index (κ2) is 2.67. The van der Waals surface area contributed by atoms with Crippen molar-refractivity contribution >= 4 is 0 Å². The molecule has 80 valence electrons. The van der Waals surface area contributed by atoms with Crippen LogP contribution in [0.2, 0.25) is 0 Å². The summed E-state index contributed by atoms with van der Waals surface area (Å²) in [5.74, 6) is 3.12. The zero-order valence-electron chi connectivity index (χ0n) is 8.96. The Hall–Kier alpha value is -0.760. The molecule has 2 heteroatoms. The fraction of sp³-hybridized carbons (Fsp3) is 0.692. The van der Waals surface area contributed by atoms with Gasteiger partial charge in [-0.2, -0.15) is 0 Å². The topological polar surface area (TPSA) is 25.2 Å². The highest BCUT2D eigenvalue weighted by molar-refractivity contribution is 5.33. The SMILES string of the molecule is c1cc2c(o1)C1(C[C@@H]3CCC[C@@H]31)NCC2. The molecule has 0 radical (unpaired) electrons. The minimum absolute atomic E-state index is 0.248. The van der Waals surface area contributed by atoms with E-state index in [1.807, 2.05) is 6.26 Å². The average Bonchev–Trinajstić information content (AvgIpc) is 2.82. The summed E-state index contributed by atoms with van der Waals surface area (Å²) in [6, 6.07) is 2.17. The Labute approximate surface area is 90.0 Å². The Morgan fingerprint density at radius 2 is 2.40 bits per heavy atom. The van der Waals surface area contributed by atoms with Crippen LogP contribution in [0.1, 0.15) is 37.0 Å². The molecule has 2 fully saturated rings. The van der Waals surface area contributed by atoms with Crippen LogP contribution in [-0.4, -0.2) is 6.54 Å². The second-order valence-electron chi connectivity index (χ2n) is 5.42. The summed E-state index contributed by atoms with van der Waals surface area (Å²) in [6.07, 6.45) is 8.61. The zero-order valence-corrected chi connectivity index (χ0v) is 8.96. The summed E-state index contributed by atoms with van der Waals surface area (Å²) < 4.78 is 5.76. The molecule has 0 aromatic carbocycles. The first-order chi connectivity index (χ1) is 7.40. The molecule has 0 bridgehead atoms. The summed E-state index contributed by atoms with van der Waals surface area (Å²) in [6.45, 7) is 1.13. The Morgan fingerprint density at radius 1 is 1.40 bits per heavy atom. The Balaban J connectivity index is 1.80.